The number of carbonyl (C=O) groups is 2. The molecule has 0 aliphatic heterocycles. The van der Waals surface area contributed by atoms with Crippen molar-refractivity contribution in [2.45, 2.75) is 13.0 Å². The first kappa shape index (κ1) is 17.2. The summed E-state index contributed by atoms with van der Waals surface area (Å²) in [6.07, 6.45) is 7.25. The number of anilines is 1. The average Bonchev–Trinajstić information content (AvgIpc) is 3.17. The minimum absolute atomic E-state index is 0.344. The Morgan fingerprint density at radius 3 is 2.85 bits per heavy atom. The van der Waals surface area contributed by atoms with Gasteiger partial charge in [0.1, 0.15) is 18.1 Å². The van der Waals surface area contributed by atoms with E-state index < -0.39 is 6.04 Å². The molecule has 2 N–H and O–H groups in total. The highest BCUT2D eigenvalue weighted by Crippen LogP contribution is 2.22. The van der Waals surface area contributed by atoms with Crippen molar-refractivity contribution in [2.24, 2.45) is 0 Å². The predicted molar refractivity (Wildman–Crippen MR) is 92.8 cm³/mol. The molecule has 3 aromatic rings. The van der Waals surface area contributed by atoms with E-state index in [-0.39, 0.29) is 11.8 Å². The molecule has 1 atom stereocenters. The number of benzene rings is 1. The maximum Gasteiger partial charge on any atom is 0.255 e. The van der Waals surface area contributed by atoms with Crippen LogP contribution in [0.15, 0.2) is 65.9 Å². The molecular weight excluding hydrogens is 336 g/mol. The Balaban J connectivity index is 1.60. The Morgan fingerprint density at radius 1 is 1.23 bits per heavy atom. The number of nitrogens with one attached hydrogen (secondary N) is 2. The van der Waals surface area contributed by atoms with Gasteiger partial charge in [-0.1, -0.05) is 6.07 Å². The predicted octanol–water partition coefficient (Wildman–Crippen LogP) is 2.62. The van der Waals surface area contributed by atoms with Gasteiger partial charge < -0.3 is 19.8 Å². The van der Waals surface area contributed by atoms with Crippen molar-refractivity contribution in [3.8, 4) is 11.6 Å². The van der Waals surface area contributed by atoms with Crippen LogP contribution in [0.3, 0.4) is 0 Å². The van der Waals surface area contributed by atoms with E-state index in [9.17, 15) is 9.59 Å². The van der Waals surface area contributed by atoms with Gasteiger partial charge in [-0.25, -0.2) is 4.98 Å². The van der Waals surface area contributed by atoms with Gasteiger partial charge in [0.05, 0.1) is 18.0 Å². The monoisotopic (exact) mass is 352 g/mol. The highest BCUT2D eigenvalue weighted by molar-refractivity contribution is 6.00. The molecule has 8 nitrogen and oxygen atoms in total. The molecule has 0 aliphatic rings. The van der Waals surface area contributed by atoms with Crippen molar-refractivity contribution in [2.75, 3.05) is 5.32 Å². The molecule has 0 aliphatic carbocycles. The van der Waals surface area contributed by atoms with Crippen LogP contribution in [0.5, 0.6) is 11.6 Å². The van der Waals surface area contributed by atoms with Gasteiger partial charge in [-0.2, -0.15) is 0 Å². The van der Waals surface area contributed by atoms with Crippen molar-refractivity contribution < 1.29 is 18.7 Å². The lowest BCUT2D eigenvalue weighted by Crippen LogP contribution is -2.41. The summed E-state index contributed by atoms with van der Waals surface area (Å²) in [7, 11) is 0. The van der Waals surface area contributed by atoms with Gasteiger partial charge in [-0.05, 0) is 25.1 Å². The van der Waals surface area contributed by atoms with Gasteiger partial charge in [0, 0.05) is 24.1 Å². The molecule has 0 saturated heterocycles. The molecule has 0 fully saturated rings. The molecule has 0 radical (unpaired) electrons. The number of hydrogen-bond acceptors (Lipinski definition) is 6. The Labute approximate surface area is 149 Å². The zero-order valence-corrected chi connectivity index (χ0v) is 13.9. The fourth-order valence-corrected chi connectivity index (χ4v) is 2.09. The van der Waals surface area contributed by atoms with Crippen LogP contribution in [0, 0.1) is 0 Å². The van der Waals surface area contributed by atoms with E-state index in [1.165, 1.54) is 31.0 Å². The Bertz CT molecular complexity index is 881. The van der Waals surface area contributed by atoms with E-state index in [2.05, 4.69) is 20.6 Å². The van der Waals surface area contributed by atoms with E-state index in [0.717, 1.165) is 0 Å². The van der Waals surface area contributed by atoms with Crippen molar-refractivity contribution in [1.82, 2.24) is 15.3 Å². The molecule has 2 aromatic heterocycles. The summed E-state index contributed by atoms with van der Waals surface area (Å²) >= 11 is 0. The number of carbonyl (C=O) groups excluding carboxylic acids is 2. The lowest BCUT2D eigenvalue weighted by Gasteiger charge is -2.14. The van der Waals surface area contributed by atoms with Crippen LogP contribution in [-0.2, 0) is 4.79 Å². The molecule has 0 spiro atoms. The van der Waals surface area contributed by atoms with E-state index in [1.54, 1.807) is 37.4 Å². The molecule has 0 bridgehead atoms. The number of aromatic nitrogens is 2. The first-order valence-electron chi connectivity index (χ1n) is 7.79. The zero-order valence-electron chi connectivity index (χ0n) is 13.9. The first-order chi connectivity index (χ1) is 12.6. The van der Waals surface area contributed by atoms with Crippen molar-refractivity contribution in [3.63, 3.8) is 0 Å². The minimum atomic E-state index is -0.734. The lowest BCUT2D eigenvalue weighted by molar-refractivity contribution is -0.117. The molecule has 0 saturated carbocycles. The largest absolute Gasteiger partial charge is 0.472 e. The quantitative estimate of drug-likeness (QED) is 0.706. The summed E-state index contributed by atoms with van der Waals surface area (Å²) in [5, 5.41) is 5.32. The maximum atomic E-state index is 12.3. The van der Waals surface area contributed by atoms with Gasteiger partial charge >= 0.3 is 0 Å². The van der Waals surface area contributed by atoms with Crippen LogP contribution >= 0.6 is 0 Å². The summed E-state index contributed by atoms with van der Waals surface area (Å²) in [4.78, 5) is 32.2. The Kier molecular flexibility index (Phi) is 5.23. The second-order valence-electron chi connectivity index (χ2n) is 5.37. The van der Waals surface area contributed by atoms with E-state index in [0.29, 0.717) is 22.9 Å². The molecule has 0 unspecified atom stereocenters. The molecule has 8 heteroatoms. The smallest absolute Gasteiger partial charge is 0.255 e. The highest BCUT2D eigenvalue weighted by Gasteiger charge is 2.17. The normalized spacial score (nSPS) is 11.4. The standard InChI is InChI=1S/C18H16N4O4/c1-12(21-18(24)13-5-8-25-11-13)17(23)22-14-3-2-4-15(9-14)26-16-10-19-6-7-20-16/h2-12H,1H3,(H,21,24)(H,22,23)/t12-/m1/s1. The van der Waals surface area contributed by atoms with Crippen molar-refractivity contribution in [1.29, 1.82) is 0 Å². The van der Waals surface area contributed by atoms with E-state index >= 15 is 0 Å². The van der Waals surface area contributed by atoms with Gasteiger partial charge in [-0.15, -0.1) is 0 Å². The van der Waals surface area contributed by atoms with Crippen LogP contribution in [0.4, 0.5) is 5.69 Å². The van der Waals surface area contributed by atoms with Crippen molar-refractivity contribution in [3.05, 3.63) is 67.0 Å². The Hall–Kier alpha value is -3.68. The van der Waals surface area contributed by atoms with Crippen LogP contribution < -0.4 is 15.4 Å². The number of amides is 2. The SMILES string of the molecule is C[C@@H](NC(=O)c1ccoc1)C(=O)Nc1cccc(Oc2cnccn2)c1. The molecule has 26 heavy (non-hydrogen) atoms. The van der Waals surface area contributed by atoms with Crippen LogP contribution in [0.2, 0.25) is 0 Å². The van der Waals surface area contributed by atoms with Gasteiger partial charge in [0.2, 0.25) is 11.8 Å². The third-order valence-electron chi connectivity index (χ3n) is 3.39. The zero-order chi connectivity index (χ0) is 18.4. The fraction of sp³-hybridized carbons (Fsp3) is 0.111. The summed E-state index contributed by atoms with van der Waals surface area (Å²) in [5.74, 6) is 0.0924. The van der Waals surface area contributed by atoms with Crippen LogP contribution in [-0.4, -0.2) is 27.8 Å². The fourth-order valence-electron chi connectivity index (χ4n) is 2.09. The van der Waals surface area contributed by atoms with Crippen LogP contribution in [0.25, 0.3) is 0 Å². The number of hydrogen-bond donors (Lipinski definition) is 2. The molecule has 2 heterocycles. The third kappa shape index (κ3) is 4.44. The summed E-state index contributed by atoms with van der Waals surface area (Å²) in [6.45, 7) is 1.59. The summed E-state index contributed by atoms with van der Waals surface area (Å²) < 4.78 is 10.4. The molecular formula is C18H16N4O4. The summed E-state index contributed by atoms with van der Waals surface area (Å²) in [6, 6.07) is 7.61. The van der Waals surface area contributed by atoms with E-state index in [4.69, 9.17) is 9.15 Å². The summed E-state index contributed by atoms with van der Waals surface area (Å²) in [5.41, 5.74) is 0.879. The average molecular weight is 352 g/mol. The molecule has 132 valence electrons. The Morgan fingerprint density at radius 2 is 2.12 bits per heavy atom. The van der Waals surface area contributed by atoms with Gasteiger partial charge in [-0.3, -0.25) is 14.6 Å². The number of rotatable bonds is 6. The molecule has 1 aromatic carbocycles. The van der Waals surface area contributed by atoms with Crippen molar-refractivity contribution >= 4 is 17.5 Å². The number of furan rings is 1. The molecule has 3 rings (SSSR count). The first-order valence-corrected chi connectivity index (χ1v) is 7.79. The second-order valence-corrected chi connectivity index (χ2v) is 5.37. The topological polar surface area (TPSA) is 106 Å². The minimum Gasteiger partial charge on any atom is -0.472 e. The number of ether oxygens (including phenoxy) is 1. The number of nitrogens with zero attached hydrogens (tertiary/aromatic N) is 2. The second kappa shape index (κ2) is 7.93. The third-order valence-corrected chi connectivity index (χ3v) is 3.39. The van der Waals surface area contributed by atoms with Gasteiger partial charge in [0.15, 0.2) is 0 Å². The van der Waals surface area contributed by atoms with Crippen LogP contribution in [0.1, 0.15) is 17.3 Å². The lowest BCUT2D eigenvalue weighted by atomic mass is 10.2. The maximum absolute atomic E-state index is 12.3. The van der Waals surface area contributed by atoms with Gasteiger partial charge in [0.25, 0.3) is 5.91 Å². The van der Waals surface area contributed by atoms with E-state index in [1.807, 2.05) is 0 Å². The highest BCUT2D eigenvalue weighted by atomic mass is 16.5. The molecule has 2 amide bonds.